The van der Waals surface area contributed by atoms with E-state index < -0.39 is 0 Å². The van der Waals surface area contributed by atoms with Crippen molar-refractivity contribution in [2.24, 2.45) is 0 Å². The Balaban J connectivity index is 2.35. The third-order valence-corrected chi connectivity index (χ3v) is 3.42. The molecule has 2 aliphatic heterocycles. The molecule has 1 amide bonds. The van der Waals surface area contributed by atoms with Crippen molar-refractivity contribution in [3.8, 4) is 12.1 Å². The topological polar surface area (TPSA) is 67.9 Å². The minimum absolute atomic E-state index is 0.0946. The zero-order chi connectivity index (χ0) is 12.7. The van der Waals surface area contributed by atoms with E-state index in [2.05, 4.69) is 0 Å². The van der Waals surface area contributed by atoms with Gasteiger partial charge in [0, 0.05) is 12.1 Å². The minimum atomic E-state index is -0.213. The van der Waals surface area contributed by atoms with Gasteiger partial charge in [0.25, 0.3) is 5.91 Å². The van der Waals surface area contributed by atoms with Crippen molar-refractivity contribution < 1.29 is 4.79 Å². The first-order chi connectivity index (χ1) is 8.77. The Kier molecular flexibility index (Phi) is 2.18. The lowest BCUT2D eigenvalue weighted by atomic mass is 9.97. The summed E-state index contributed by atoms with van der Waals surface area (Å²) in [7, 11) is 0. The number of para-hydroxylation sites is 1. The normalized spacial score (nSPS) is 16.0. The van der Waals surface area contributed by atoms with Gasteiger partial charge in [-0.15, -0.1) is 0 Å². The molecule has 2 heterocycles. The van der Waals surface area contributed by atoms with Crippen LogP contribution in [0.4, 0.5) is 5.69 Å². The molecule has 0 saturated heterocycles. The fourth-order valence-electron chi connectivity index (χ4n) is 2.68. The molecule has 0 aliphatic carbocycles. The number of anilines is 1. The van der Waals surface area contributed by atoms with Crippen molar-refractivity contribution in [3.63, 3.8) is 0 Å². The number of allylic oxidation sites excluding steroid dienone is 1. The summed E-state index contributed by atoms with van der Waals surface area (Å²) in [6, 6.07) is 9.33. The SMILES string of the molecule is N#CC(C#N)=C1C(=O)N2CCCc3cccc1c32. The van der Waals surface area contributed by atoms with Crippen molar-refractivity contribution in [1.29, 1.82) is 10.5 Å². The van der Waals surface area contributed by atoms with E-state index in [1.54, 1.807) is 4.90 Å². The second-order valence-corrected chi connectivity index (χ2v) is 4.35. The van der Waals surface area contributed by atoms with Crippen LogP contribution < -0.4 is 4.90 Å². The highest BCUT2D eigenvalue weighted by Gasteiger charge is 2.37. The number of benzene rings is 1. The molecule has 4 nitrogen and oxygen atoms in total. The van der Waals surface area contributed by atoms with Gasteiger partial charge in [0.05, 0.1) is 11.3 Å². The maximum absolute atomic E-state index is 12.3. The molecule has 0 unspecified atom stereocenters. The van der Waals surface area contributed by atoms with Gasteiger partial charge in [0.2, 0.25) is 0 Å². The Bertz CT molecular complexity index is 657. The van der Waals surface area contributed by atoms with E-state index >= 15 is 0 Å². The van der Waals surface area contributed by atoms with Crippen LogP contribution in [0.15, 0.2) is 23.8 Å². The lowest BCUT2D eigenvalue weighted by Gasteiger charge is -2.24. The summed E-state index contributed by atoms with van der Waals surface area (Å²) in [6.07, 6.45) is 1.86. The van der Waals surface area contributed by atoms with Crippen LogP contribution in [-0.2, 0) is 11.2 Å². The van der Waals surface area contributed by atoms with Crippen LogP contribution >= 0.6 is 0 Å². The van der Waals surface area contributed by atoms with Crippen LogP contribution in [0.25, 0.3) is 5.57 Å². The van der Waals surface area contributed by atoms with Crippen LogP contribution in [0, 0.1) is 22.7 Å². The van der Waals surface area contributed by atoms with Gasteiger partial charge in [-0.1, -0.05) is 18.2 Å². The van der Waals surface area contributed by atoms with Gasteiger partial charge in [-0.2, -0.15) is 10.5 Å². The average molecular weight is 235 g/mol. The number of hydrogen-bond donors (Lipinski definition) is 0. The molecule has 0 N–H and O–H groups in total. The number of aryl methyl sites for hydroxylation is 1. The van der Waals surface area contributed by atoms with Crippen LogP contribution in [0.2, 0.25) is 0 Å². The van der Waals surface area contributed by atoms with Crippen molar-refractivity contribution in [2.45, 2.75) is 12.8 Å². The molecular formula is C14H9N3O. The van der Waals surface area contributed by atoms with Gasteiger partial charge in [-0.3, -0.25) is 4.79 Å². The molecule has 0 fully saturated rings. The van der Waals surface area contributed by atoms with Crippen LogP contribution in [0.5, 0.6) is 0 Å². The Labute approximate surface area is 104 Å². The molecule has 0 saturated carbocycles. The third kappa shape index (κ3) is 1.20. The highest BCUT2D eigenvalue weighted by atomic mass is 16.2. The Morgan fingerprint density at radius 3 is 2.78 bits per heavy atom. The maximum atomic E-state index is 12.3. The minimum Gasteiger partial charge on any atom is -0.307 e. The largest absolute Gasteiger partial charge is 0.307 e. The molecule has 0 aromatic heterocycles. The van der Waals surface area contributed by atoms with Crippen molar-refractivity contribution in [1.82, 2.24) is 0 Å². The predicted octanol–water partition coefficient (Wildman–Crippen LogP) is 1.78. The molecule has 1 aromatic rings. The van der Waals surface area contributed by atoms with Crippen LogP contribution in [-0.4, -0.2) is 12.5 Å². The van der Waals surface area contributed by atoms with Crippen molar-refractivity contribution in [3.05, 3.63) is 34.9 Å². The molecule has 0 bridgehead atoms. The first kappa shape index (κ1) is 10.6. The third-order valence-electron chi connectivity index (χ3n) is 3.42. The van der Waals surface area contributed by atoms with E-state index in [-0.39, 0.29) is 17.1 Å². The molecular weight excluding hydrogens is 226 g/mol. The molecule has 18 heavy (non-hydrogen) atoms. The van der Waals surface area contributed by atoms with Gasteiger partial charge in [0.15, 0.2) is 0 Å². The first-order valence-corrected chi connectivity index (χ1v) is 5.76. The van der Waals surface area contributed by atoms with Gasteiger partial charge >= 0.3 is 0 Å². The second-order valence-electron chi connectivity index (χ2n) is 4.35. The number of amides is 1. The molecule has 2 aliphatic rings. The summed E-state index contributed by atoms with van der Waals surface area (Å²) >= 11 is 0. The van der Waals surface area contributed by atoms with Crippen LogP contribution in [0.1, 0.15) is 17.5 Å². The van der Waals surface area contributed by atoms with Gasteiger partial charge in [-0.05, 0) is 18.4 Å². The predicted molar refractivity (Wildman–Crippen MR) is 65.3 cm³/mol. The molecule has 1 aromatic carbocycles. The smallest absolute Gasteiger partial charge is 0.261 e. The standard InChI is InChI=1S/C14H9N3O/c15-7-10(8-16)12-11-5-1-3-9-4-2-6-17(13(9)11)14(12)18/h1,3,5H,2,4,6H2. The van der Waals surface area contributed by atoms with E-state index in [0.29, 0.717) is 6.54 Å². The number of carbonyl (C=O) groups excluding carboxylic acids is 1. The fourth-order valence-corrected chi connectivity index (χ4v) is 2.68. The van der Waals surface area contributed by atoms with E-state index in [4.69, 9.17) is 10.5 Å². The number of nitrogens with zero attached hydrogens (tertiary/aromatic N) is 3. The molecule has 0 radical (unpaired) electrons. The van der Waals surface area contributed by atoms with Gasteiger partial charge in [-0.25, -0.2) is 0 Å². The number of hydrogen-bond acceptors (Lipinski definition) is 3. The lowest BCUT2D eigenvalue weighted by Crippen LogP contribution is -2.31. The molecule has 4 heteroatoms. The quantitative estimate of drug-likeness (QED) is 0.508. The molecule has 0 atom stereocenters. The summed E-state index contributed by atoms with van der Waals surface area (Å²) in [5.74, 6) is -0.213. The van der Waals surface area contributed by atoms with Crippen molar-refractivity contribution in [2.75, 3.05) is 11.4 Å². The van der Waals surface area contributed by atoms with E-state index in [0.717, 1.165) is 29.7 Å². The summed E-state index contributed by atoms with van der Waals surface area (Å²) in [5, 5.41) is 17.9. The maximum Gasteiger partial charge on any atom is 0.261 e. The highest BCUT2D eigenvalue weighted by molar-refractivity contribution is 6.34. The Morgan fingerprint density at radius 1 is 1.28 bits per heavy atom. The van der Waals surface area contributed by atoms with E-state index in [9.17, 15) is 4.79 Å². The van der Waals surface area contributed by atoms with Crippen molar-refractivity contribution >= 4 is 17.2 Å². The fraction of sp³-hybridized carbons (Fsp3) is 0.214. The Morgan fingerprint density at radius 2 is 2.06 bits per heavy atom. The molecule has 86 valence electrons. The number of rotatable bonds is 0. The number of carbonyl (C=O) groups is 1. The summed E-state index contributed by atoms with van der Waals surface area (Å²) < 4.78 is 0. The highest BCUT2D eigenvalue weighted by Crippen LogP contribution is 2.43. The lowest BCUT2D eigenvalue weighted by molar-refractivity contribution is -0.113. The average Bonchev–Trinajstić information content (AvgIpc) is 2.69. The zero-order valence-electron chi connectivity index (χ0n) is 9.60. The summed E-state index contributed by atoms with van der Waals surface area (Å²) in [4.78, 5) is 14.0. The Hall–Kier alpha value is -2.59. The monoisotopic (exact) mass is 235 g/mol. The van der Waals surface area contributed by atoms with Crippen LogP contribution in [0.3, 0.4) is 0 Å². The van der Waals surface area contributed by atoms with E-state index in [1.165, 1.54) is 0 Å². The zero-order valence-corrected chi connectivity index (χ0v) is 9.60. The molecule has 3 rings (SSSR count). The summed E-state index contributed by atoms with van der Waals surface area (Å²) in [5.41, 5.74) is 2.92. The van der Waals surface area contributed by atoms with Gasteiger partial charge in [0.1, 0.15) is 17.7 Å². The summed E-state index contributed by atoms with van der Waals surface area (Å²) in [6.45, 7) is 0.663. The van der Waals surface area contributed by atoms with E-state index in [1.807, 2.05) is 30.3 Å². The first-order valence-electron chi connectivity index (χ1n) is 5.76. The molecule has 0 spiro atoms. The second kappa shape index (κ2) is 3.72. The van der Waals surface area contributed by atoms with Gasteiger partial charge < -0.3 is 4.90 Å². The number of nitriles is 2.